The highest BCUT2D eigenvalue weighted by atomic mass is 79.9. The Morgan fingerprint density at radius 2 is 1.69 bits per heavy atom. The molecule has 0 spiro atoms. The van der Waals surface area contributed by atoms with Gasteiger partial charge in [-0.05, 0) is 70.0 Å². The molecule has 3 aromatic carbocycles. The number of rotatable bonds is 6. The molecule has 0 saturated heterocycles. The maximum absolute atomic E-state index is 12.8. The summed E-state index contributed by atoms with van der Waals surface area (Å²) in [7, 11) is 1.60. The Morgan fingerprint density at radius 1 is 1.03 bits per heavy atom. The van der Waals surface area contributed by atoms with Crippen LogP contribution in [0.2, 0.25) is 0 Å². The number of carbonyl (C=O) groups excluding carboxylic acids is 1. The van der Waals surface area contributed by atoms with E-state index in [-0.39, 0.29) is 11.6 Å². The van der Waals surface area contributed by atoms with Gasteiger partial charge in [0, 0.05) is 22.2 Å². The molecule has 32 heavy (non-hydrogen) atoms. The van der Waals surface area contributed by atoms with E-state index in [1.165, 1.54) is 23.5 Å². The number of aromatic nitrogens is 1. The number of halogens is 1. The summed E-state index contributed by atoms with van der Waals surface area (Å²) >= 11 is 4.72. The first-order valence-electron chi connectivity index (χ1n) is 9.42. The van der Waals surface area contributed by atoms with Crippen LogP contribution in [0.15, 0.2) is 77.3 Å². The van der Waals surface area contributed by atoms with E-state index in [2.05, 4.69) is 26.2 Å². The van der Waals surface area contributed by atoms with Crippen LogP contribution >= 0.6 is 27.3 Å². The van der Waals surface area contributed by atoms with Gasteiger partial charge in [0.05, 0.1) is 28.2 Å². The zero-order valence-electron chi connectivity index (χ0n) is 16.7. The average molecular weight is 510 g/mol. The van der Waals surface area contributed by atoms with Gasteiger partial charge in [-0.1, -0.05) is 23.5 Å². The molecular weight excluding hydrogens is 494 g/mol. The molecule has 0 bridgehead atoms. The first-order chi connectivity index (χ1) is 15.5. The van der Waals surface area contributed by atoms with Crippen LogP contribution in [0.3, 0.4) is 0 Å². The Morgan fingerprint density at radius 3 is 2.31 bits per heavy atom. The van der Waals surface area contributed by atoms with E-state index in [1.54, 1.807) is 37.4 Å². The van der Waals surface area contributed by atoms with Crippen molar-refractivity contribution in [2.75, 3.05) is 12.4 Å². The zero-order valence-corrected chi connectivity index (χ0v) is 19.1. The van der Waals surface area contributed by atoms with Crippen molar-refractivity contribution in [1.82, 2.24) is 4.98 Å². The minimum Gasteiger partial charge on any atom is -0.497 e. The molecule has 1 heterocycles. The molecule has 0 saturated carbocycles. The van der Waals surface area contributed by atoms with Crippen molar-refractivity contribution in [2.45, 2.75) is 0 Å². The van der Waals surface area contributed by atoms with E-state index in [1.807, 2.05) is 30.3 Å². The molecule has 1 N–H and O–H groups in total. The molecule has 0 aliphatic carbocycles. The number of anilines is 1. The molecule has 9 heteroatoms. The number of nitro benzene ring substituents is 1. The molecule has 1 amide bonds. The first-order valence-corrected chi connectivity index (χ1v) is 11.0. The SMILES string of the molecule is COc1ccc(-c2sc(NC(=O)c3ccccc3Br)nc2-c2ccc([N+](=O)[O-])cc2)cc1. The summed E-state index contributed by atoms with van der Waals surface area (Å²) in [5.74, 6) is 0.431. The van der Waals surface area contributed by atoms with Crippen molar-refractivity contribution in [3.05, 3.63) is 92.9 Å². The van der Waals surface area contributed by atoms with Crippen molar-refractivity contribution >= 4 is 44.0 Å². The van der Waals surface area contributed by atoms with Crippen LogP contribution < -0.4 is 10.1 Å². The number of ether oxygens (including phenoxy) is 1. The molecule has 0 aliphatic rings. The van der Waals surface area contributed by atoms with Crippen molar-refractivity contribution in [3.8, 4) is 27.4 Å². The van der Waals surface area contributed by atoms with E-state index >= 15 is 0 Å². The van der Waals surface area contributed by atoms with Crippen molar-refractivity contribution < 1.29 is 14.5 Å². The van der Waals surface area contributed by atoms with Crippen molar-refractivity contribution in [3.63, 3.8) is 0 Å². The van der Waals surface area contributed by atoms with Crippen molar-refractivity contribution in [2.24, 2.45) is 0 Å². The van der Waals surface area contributed by atoms with Crippen LogP contribution in [0.25, 0.3) is 21.7 Å². The third-order valence-electron chi connectivity index (χ3n) is 4.67. The number of hydrogen-bond donors (Lipinski definition) is 1. The van der Waals surface area contributed by atoms with E-state index in [4.69, 9.17) is 4.74 Å². The third kappa shape index (κ3) is 4.53. The van der Waals surface area contributed by atoms with Gasteiger partial charge < -0.3 is 4.74 Å². The predicted octanol–water partition coefficient (Wildman–Crippen LogP) is 6.41. The average Bonchev–Trinajstić information content (AvgIpc) is 3.23. The summed E-state index contributed by atoms with van der Waals surface area (Å²) in [6, 6.07) is 20.8. The Hall–Kier alpha value is -3.56. The number of amides is 1. The molecule has 0 radical (unpaired) electrons. The molecule has 0 unspecified atom stereocenters. The number of thiazole rings is 1. The molecule has 4 aromatic rings. The molecule has 1 aromatic heterocycles. The molecular formula is C23H16BrN3O4S. The van der Waals surface area contributed by atoms with Gasteiger partial charge in [-0.15, -0.1) is 0 Å². The predicted molar refractivity (Wildman–Crippen MR) is 128 cm³/mol. The summed E-state index contributed by atoms with van der Waals surface area (Å²) in [5.41, 5.74) is 2.71. The molecule has 0 fully saturated rings. The van der Waals surface area contributed by atoms with Gasteiger partial charge in [-0.3, -0.25) is 20.2 Å². The van der Waals surface area contributed by atoms with Gasteiger partial charge in [-0.2, -0.15) is 0 Å². The van der Waals surface area contributed by atoms with E-state index < -0.39 is 4.92 Å². The second kappa shape index (κ2) is 9.29. The standard InChI is InChI=1S/C23H16BrN3O4S/c1-31-17-12-8-15(9-13-17)21-20(14-6-10-16(11-7-14)27(29)30)25-23(32-21)26-22(28)18-4-2-3-5-19(18)24/h2-13H,1H3,(H,25,26,28). The second-order valence-corrected chi connectivity index (χ2v) is 8.52. The van der Waals surface area contributed by atoms with Gasteiger partial charge in [0.15, 0.2) is 5.13 Å². The number of methoxy groups -OCH3 is 1. The van der Waals surface area contributed by atoms with Gasteiger partial charge in [-0.25, -0.2) is 4.98 Å². The van der Waals surface area contributed by atoms with Crippen LogP contribution in [-0.2, 0) is 0 Å². The first kappa shape index (κ1) is 21.7. The largest absolute Gasteiger partial charge is 0.497 e. The Labute approximate surface area is 196 Å². The lowest BCUT2D eigenvalue weighted by Crippen LogP contribution is -2.12. The lowest BCUT2D eigenvalue weighted by atomic mass is 10.1. The number of benzene rings is 3. The van der Waals surface area contributed by atoms with Crippen LogP contribution in [0.1, 0.15) is 10.4 Å². The van der Waals surface area contributed by atoms with Gasteiger partial charge in [0.25, 0.3) is 11.6 Å². The molecule has 7 nitrogen and oxygen atoms in total. The van der Waals surface area contributed by atoms with Gasteiger partial charge in [0.2, 0.25) is 0 Å². The van der Waals surface area contributed by atoms with Gasteiger partial charge in [0.1, 0.15) is 5.75 Å². The maximum Gasteiger partial charge on any atom is 0.269 e. The minimum absolute atomic E-state index is 0.00238. The fraction of sp³-hybridized carbons (Fsp3) is 0.0435. The highest BCUT2D eigenvalue weighted by Gasteiger charge is 2.19. The molecule has 160 valence electrons. The molecule has 0 aliphatic heterocycles. The van der Waals surface area contributed by atoms with Crippen molar-refractivity contribution in [1.29, 1.82) is 0 Å². The number of nitro groups is 1. The topological polar surface area (TPSA) is 94.4 Å². The number of hydrogen-bond acceptors (Lipinski definition) is 6. The van der Waals surface area contributed by atoms with Crippen LogP contribution in [0.4, 0.5) is 10.8 Å². The lowest BCUT2D eigenvalue weighted by molar-refractivity contribution is -0.384. The van der Waals surface area contributed by atoms with E-state index in [0.717, 1.165) is 16.2 Å². The third-order valence-corrected chi connectivity index (χ3v) is 6.38. The monoisotopic (exact) mass is 509 g/mol. The van der Waals surface area contributed by atoms with E-state index in [9.17, 15) is 14.9 Å². The van der Waals surface area contributed by atoms with Crippen LogP contribution in [0.5, 0.6) is 5.75 Å². The summed E-state index contributed by atoms with van der Waals surface area (Å²) in [4.78, 5) is 28.8. The fourth-order valence-electron chi connectivity index (χ4n) is 3.06. The Balaban J connectivity index is 1.74. The Bertz CT molecular complexity index is 1290. The summed E-state index contributed by atoms with van der Waals surface area (Å²) in [6.07, 6.45) is 0. The zero-order chi connectivity index (χ0) is 22.7. The molecule has 0 atom stereocenters. The Kier molecular flexibility index (Phi) is 6.29. The number of nitrogens with zero attached hydrogens (tertiary/aromatic N) is 2. The normalized spacial score (nSPS) is 10.6. The summed E-state index contributed by atoms with van der Waals surface area (Å²) in [6.45, 7) is 0. The smallest absolute Gasteiger partial charge is 0.269 e. The quantitative estimate of drug-likeness (QED) is 0.239. The maximum atomic E-state index is 12.8. The van der Waals surface area contributed by atoms with Gasteiger partial charge >= 0.3 is 0 Å². The highest BCUT2D eigenvalue weighted by Crippen LogP contribution is 2.40. The second-order valence-electron chi connectivity index (χ2n) is 6.66. The highest BCUT2D eigenvalue weighted by molar-refractivity contribution is 9.10. The summed E-state index contributed by atoms with van der Waals surface area (Å²) in [5, 5.41) is 14.3. The minimum atomic E-state index is -0.446. The number of nitrogens with one attached hydrogen (secondary N) is 1. The number of carbonyl (C=O) groups is 1. The van der Waals surface area contributed by atoms with E-state index in [0.29, 0.717) is 26.4 Å². The lowest BCUT2D eigenvalue weighted by Gasteiger charge is -2.04. The van der Waals surface area contributed by atoms with Crippen LogP contribution in [-0.4, -0.2) is 22.9 Å². The fourth-order valence-corrected chi connectivity index (χ4v) is 4.51. The van der Waals surface area contributed by atoms with Crippen LogP contribution in [0, 0.1) is 10.1 Å². The summed E-state index contributed by atoms with van der Waals surface area (Å²) < 4.78 is 5.92. The number of non-ortho nitro benzene ring substituents is 1. The molecule has 4 rings (SSSR count).